The van der Waals surface area contributed by atoms with E-state index < -0.39 is 6.23 Å². The van der Waals surface area contributed by atoms with Crippen molar-refractivity contribution in [2.45, 2.75) is 38.5 Å². The minimum Gasteiger partial charge on any atom is -0.501 e. The van der Waals surface area contributed by atoms with E-state index in [1.54, 1.807) is 12.6 Å². The first-order valence-electron chi connectivity index (χ1n) is 5.97. The smallest absolute Gasteiger partial charge is 0.126 e. The molecule has 18 heavy (non-hydrogen) atoms. The maximum atomic E-state index is 9.08. The normalized spacial score (nSPS) is 15.9. The molecule has 0 aromatic carbocycles. The molecule has 106 valence electrons. The van der Waals surface area contributed by atoms with Gasteiger partial charge < -0.3 is 20.2 Å². The second-order valence-corrected chi connectivity index (χ2v) is 3.91. The standard InChI is InChI=1S/C12H24N2O4/c1-10(13-9-15)5-3-6-11(18-2)7-4-8-12(16)14-17/h3,5-6,10,12-17H,4,7-9H2,1-2H3/b5-3?,11-6+. The predicted octanol–water partition coefficient (Wildman–Crippen LogP) is 0.468. The van der Waals surface area contributed by atoms with E-state index in [1.165, 1.54) is 0 Å². The number of nitrogens with one attached hydrogen (secondary N) is 2. The molecule has 0 bridgehead atoms. The molecule has 0 aromatic rings. The van der Waals surface area contributed by atoms with Crippen molar-refractivity contribution in [2.75, 3.05) is 13.8 Å². The minimum absolute atomic E-state index is 0.0571. The summed E-state index contributed by atoms with van der Waals surface area (Å²) in [5.41, 5.74) is 1.78. The lowest BCUT2D eigenvalue weighted by atomic mass is 10.2. The lowest BCUT2D eigenvalue weighted by Crippen LogP contribution is -2.24. The van der Waals surface area contributed by atoms with Crippen molar-refractivity contribution in [3.63, 3.8) is 0 Å². The molecular formula is C12H24N2O4. The molecule has 0 rings (SSSR count). The summed E-state index contributed by atoms with van der Waals surface area (Å²) < 4.78 is 5.18. The fourth-order valence-corrected chi connectivity index (χ4v) is 1.33. The zero-order chi connectivity index (χ0) is 13.8. The number of hydroxylamine groups is 1. The van der Waals surface area contributed by atoms with Crippen LogP contribution in [-0.4, -0.2) is 41.5 Å². The van der Waals surface area contributed by atoms with E-state index in [4.69, 9.17) is 20.2 Å². The van der Waals surface area contributed by atoms with Crippen molar-refractivity contribution in [1.82, 2.24) is 10.8 Å². The fourth-order valence-electron chi connectivity index (χ4n) is 1.33. The topological polar surface area (TPSA) is 94.0 Å². The Hall–Kier alpha value is -0.920. The Labute approximate surface area is 108 Å². The highest BCUT2D eigenvalue weighted by Gasteiger charge is 2.02. The van der Waals surface area contributed by atoms with Crippen LogP contribution in [0.3, 0.4) is 0 Å². The van der Waals surface area contributed by atoms with Gasteiger partial charge in [-0.15, -0.1) is 0 Å². The van der Waals surface area contributed by atoms with Gasteiger partial charge in [0.2, 0.25) is 0 Å². The molecule has 0 saturated heterocycles. The van der Waals surface area contributed by atoms with Crippen molar-refractivity contribution in [2.24, 2.45) is 0 Å². The molecule has 0 heterocycles. The summed E-state index contributed by atoms with van der Waals surface area (Å²) in [5, 5.41) is 29.0. The monoisotopic (exact) mass is 260 g/mol. The molecule has 2 atom stereocenters. The third-order valence-corrected chi connectivity index (χ3v) is 2.41. The van der Waals surface area contributed by atoms with E-state index in [0.717, 1.165) is 5.76 Å². The van der Waals surface area contributed by atoms with Crippen LogP contribution in [0.4, 0.5) is 0 Å². The maximum Gasteiger partial charge on any atom is 0.126 e. The van der Waals surface area contributed by atoms with Crippen LogP contribution in [0, 0.1) is 0 Å². The van der Waals surface area contributed by atoms with Crippen LogP contribution < -0.4 is 10.8 Å². The van der Waals surface area contributed by atoms with Crippen molar-refractivity contribution in [3.8, 4) is 0 Å². The highest BCUT2D eigenvalue weighted by molar-refractivity contribution is 5.09. The van der Waals surface area contributed by atoms with Gasteiger partial charge in [0.15, 0.2) is 0 Å². The summed E-state index contributed by atoms with van der Waals surface area (Å²) in [6, 6.07) is 0.0877. The summed E-state index contributed by atoms with van der Waals surface area (Å²) in [7, 11) is 1.59. The van der Waals surface area contributed by atoms with Crippen LogP contribution in [0.25, 0.3) is 0 Å². The van der Waals surface area contributed by atoms with Gasteiger partial charge in [-0.3, -0.25) is 5.32 Å². The first kappa shape index (κ1) is 17.1. The summed E-state index contributed by atoms with van der Waals surface area (Å²) >= 11 is 0. The summed E-state index contributed by atoms with van der Waals surface area (Å²) in [6.07, 6.45) is 6.53. The second kappa shape index (κ2) is 11.2. The Balaban J connectivity index is 4.00. The van der Waals surface area contributed by atoms with Crippen molar-refractivity contribution in [1.29, 1.82) is 0 Å². The van der Waals surface area contributed by atoms with Gasteiger partial charge in [0.1, 0.15) is 6.23 Å². The third-order valence-electron chi connectivity index (χ3n) is 2.41. The molecule has 0 saturated carbocycles. The first-order valence-corrected chi connectivity index (χ1v) is 5.97. The molecular weight excluding hydrogens is 236 g/mol. The molecule has 0 aromatic heterocycles. The van der Waals surface area contributed by atoms with Crippen LogP contribution in [0.15, 0.2) is 24.0 Å². The Morgan fingerprint density at radius 3 is 2.72 bits per heavy atom. The van der Waals surface area contributed by atoms with E-state index in [-0.39, 0.29) is 12.8 Å². The molecule has 0 aliphatic carbocycles. The van der Waals surface area contributed by atoms with E-state index in [0.29, 0.717) is 19.3 Å². The van der Waals surface area contributed by atoms with Crippen LogP contribution >= 0.6 is 0 Å². The zero-order valence-corrected chi connectivity index (χ0v) is 11.0. The maximum absolute atomic E-state index is 9.08. The number of hydrogen-bond acceptors (Lipinski definition) is 6. The van der Waals surface area contributed by atoms with Crippen molar-refractivity contribution < 1.29 is 20.2 Å². The van der Waals surface area contributed by atoms with Crippen molar-refractivity contribution >= 4 is 0 Å². The number of aliphatic hydroxyl groups excluding tert-OH is 2. The molecule has 0 radical (unpaired) electrons. The molecule has 6 nitrogen and oxygen atoms in total. The molecule has 0 aliphatic rings. The highest BCUT2D eigenvalue weighted by atomic mass is 16.5. The summed E-state index contributed by atoms with van der Waals surface area (Å²) in [4.78, 5) is 0. The summed E-state index contributed by atoms with van der Waals surface area (Å²) in [5.74, 6) is 0.799. The summed E-state index contributed by atoms with van der Waals surface area (Å²) in [6.45, 7) is 1.87. The van der Waals surface area contributed by atoms with Gasteiger partial charge in [0.05, 0.1) is 19.6 Å². The Morgan fingerprint density at radius 2 is 2.17 bits per heavy atom. The quantitative estimate of drug-likeness (QED) is 0.170. The van der Waals surface area contributed by atoms with Gasteiger partial charge >= 0.3 is 0 Å². The second-order valence-electron chi connectivity index (χ2n) is 3.91. The molecule has 2 unspecified atom stereocenters. The number of allylic oxidation sites excluding steroid dienone is 3. The predicted molar refractivity (Wildman–Crippen MR) is 68.7 cm³/mol. The minimum atomic E-state index is -0.896. The number of hydrogen-bond donors (Lipinski definition) is 5. The zero-order valence-electron chi connectivity index (χ0n) is 11.0. The SMILES string of the molecule is CO/C(=C/C=CC(C)NCO)CCCC(O)NO. The Bertz CT molecular complexity index is 256. The first-order chi connectivity index (χ1) is 8.63. The van der Waals surface area contributed by atoms with Gasteiger partial charge in [0.25, 0.3) is 0 Å². The van der Waals surface area contributed by atoms with Crippen LogP contribution in [0.2, 0.25) is 0 Å². The third kappa shape index (κ3) is 9.15. The molecule has 0 amide bonds. The molecule has 0 fully saturated rings. The average Bonchev–Trinajstić information content (AvgIpc) is 2.36. The molecule has 0 spiro atoms. The average molecular weight is 260 g/mol. The van der Waals surface area contributed by atoms with Crippen LogP contribution in [-0.2, 0) is 4.74 Å². The van der Waals surface area contributed by atoms with Gasteiger partial charge in [-0.25, -0.2) is 0 Å². The molecule has 0 aliphatic heterocycles. The van der Waals surface area contributed by atoms with Gasteiger partial charge in [-0.1, -0.05) is 12.2 Å². The fraction of sp³-hybridized carbons (Fsp3) is 0.667. The number of aliphatic hydroxyl groups is 2. The molecule has 5 N–H and O–H groups in total. The largest absolute Gasteiger partial charge is 0.501 e. The molecule has 6 heteroatoms. The van der Waals surface area contributed by atoms with E-state index in [2.05, 4.69) is 5.32 Å². The van der Waals surface area contributed by atoms with Gasteiger partial charge in [-0.05, 0) is 25.8 Å². The van der Waals surface area contributed by atoms with Crippen LogP contribution in [0.1, 0.15) is 26.2 Å². The van der Waals surface area contributed by atoms with Crippen molar-refractivity contribution in [3.05, 3.63) is 24.0 Å². The van der Waals surface area contributed by atoms with E-state index in [1.807, 2.05) is 25.2 Å². The highest BCUT2D eigenvalue weighted by Crippen LogP contribution is 2.09. The lowest BCUT2D eigenvalue weighted by molar-refractivity contribution is -0.00394. The number of ether oxygens (including phenoxy) is 1. The number of methoxy groups -OCH3 is 1. The van der Waals surface area contributed by atoms with Gasteiger partial charge in [0, 0.05) is 12.5 Å². The van der Waals surface area contributed by atoms with Gasteiger partial charge in [-0.2, -0.15) is 5.48 Å². The van der Waals surface area contributed by atoms with E-state index in [9.17, 15) is 0 Å². The Morgan fingerprint density at radius 1 is 1.44 bits per heavy atom. The lowest BCUT2D eigenvalue weighted by Gasteiger charge is -2.09. The van der Waals surface area contributed by atoms with Crippen LogP contribution in [0.5, 0.6) is 0 Å². The number of rotatable bonds is 10. The van der Waals surface area contributed by atoms with E-state index >= 15 is 0 Å². The Kier molecular flexibility index (Phi) is 10.6.